The van der Waals surface area contributed by atoms with E-state index in [1.807, 2.05) is 0 Å². The molecular formula is C23H25ClN2O4. The van der Waals surface area contributed by atoms with Gasteiger partial charge in [0.25, 0.3) is 5.56 Å². The molecule has 158 valence electrons. The van der Waals surface area contributed by atoms with Crippen LogP contribution >= 0.6 is 11.6 Å². The number of fused-ring (bicyclic) bond motifs is 1. The molecule has 0 saturated heterocycles. The average molecular weight is 429 g/mol. The largest absolute Gasteiger partial charge is 0.477 e. The third-order valence-corrected chi connectivity index (χ3v) is 7.62. The van der Waals surface area contributed by atoms with Gasteiger partial charge in [-0.05, 0) is 85.5 Å². The first-order chi connectivity index (χ1) is 14.3. The predicted octanol–water partition coefficient (Wildman–Crippen LogP) is 4.10. The average Bonchev–Trinajstić information content (AvgIpc) is 2.64. The van der Waals surface area contributed by atoms with Crippen LogP contribution < -0.4 is 10.9 Å². The quantitative estimate of drug-likeness (QED) is 0.667. The Bertz CT molecular complexity index is 1070. The molecule has 4 aliphatic carbocycles. The fourth-order valence-electron chi connectivity index (χ4n) is 6.76. The van der Waals surface area contributed by atoms with E-state index in [-0.39, 0.29) is 23.4 Å². The molecular weight excluding hydrogens is 404 g/mol. The molecule has 4 aliphatic rings. The van der Waals surface area contributed by atoms with E-state index < -0.39 is 11.5 Å². The Morgan fingerprint density at radius 1 is 1.10 bits per heavy atom. The van der Waals surface area contributed by atoms with Gasteiger partial charge >= 0.3 is 5.97 Å². The van der Waals surface area contributed by atoms with Crippen LogP contribution in [0.4, 0.5) is 0 Å². The van der Waals surface area contributed by atoms with Gasteiger partial charge in [-0.1, -0.05) is 11.6 Å². The van der Waals surface area contributed by atoms with Gasteiger partial charge in [0.15, 0.2) is 0 Å². The van der Waals surface area contributed by atoms with Crippen molar-refractivity contribution in [1.82, 2.24) is 10.3 Å². The number of carboxylic acid groups (broad SMARTS) is 1. The molecule has 1 aromatic carbocycles. The van der Waals surface area contributed by atoms with E-state index in [9.17, 15) is 19.5 Å². The second kappa shape index (κ2) is 7.12. The summed E-state index contributed by atoms with van der Waals surface area (Å²) in [5.41, 5.74) is 0.342. The summed E-state index contributed by atoms with van der Waals surface area (Å²) in [4.78, 5) is 38.8. The summed E-state index contributed by atoms with van der Waals surface area (Å²) in [5, 5.41) is 13.2. The third kappa shape index (κ3) is 3.51. The van der Waals surface area contributed by atoms with Crippen molar-refractivity contribution in [2.24, 2.45) is 23.2 Å². The lowest BCUT2D eigenvalue weighted by Crippen LogP contribution is -2.47. The summed E-state index contributed by atoms with van der Waals surface area (Å²) in [7, 11) is 0. The van der Waals surface area contributed by atoms with Gasteiger partial charge in [0.1, 0.15) is 5.56 Å². The lowest BCUT2D eigenvalue weighted by atomic mass is 9.49. The zero-order chi connectivity index (χ0) is 21.0. The number of H-pyrrole nitrogens is 1. The maximum atomic E-state index is 12.8. The van der Waals surface area contributed by atoms with E-state index in [4.69, 9.17) is 11.6 Å². The fraction of sp³-hybridized carbons (Fsp3) is 0.522. The molecule has 4 bridgehead atoms. The van der Waals surface area contributed by atoms with Gasteiger partial charge in [-0.25, -0.2) is 4.79 Å². The highest BCUT2D eigenvalue weighted by atomic mass is 35.5. The summed E-state index contributed by atoms with van der Waals surface area (Å²) in [6.45, 7) is 0.241. The van der Waals surface area contributed by atoms with E-state index in [1.165, 1.54) is 44.6 Å². The first-order valence-electron chi connectivity index (χ1n) is 10.7. The number of carboxylic acids is 1. The van der Waals surface area contributed by atoms with Crippen molar-refractivity contribution < 1.29 is 14.7 Å². The first kappa shape index (κ1) is 19.6. The molecule has 1 amide bonds. The second-order valence-electron chi connectivity index (χ2n) is 9.72. The molecule has 3 N–H and O–H groups in total. The Labute approximate surface area is 179 Å². The lowest BCUT2D eigenvalue weighted by molar-refractivity contribution is -0.129. The number of carbonyl (C=O) groups is 2. The monoisotopic (exact) mass is 428 g/mol. The van der Waals surface area contributed by atoms with E-state index >= 15 is 0 Å². The molecule has 2 aromatic rings. The van der Waals surface area contributed by atoms with Crippen molar-refractivity contribution >= 4 is 34.4 Å². The first-order valence-corrected chi connectivity index (χ1v) is 11.0. The van der Waals surface area contributed by atoms with E-state index in [0.29, 0.717) is 27.9 Å². The molecule has 4 saturated carbocycles. The van der Waals surface area contributed by atoms with Crippen molar-refractivity contribution in [1.29, 1.82) is 0 Å². The zero-order valence-electron chi connectivity index (χ0n) is 16.7. The second-order valence-corrected chi connectivity index (χ2v) is 10.2. The maximum absolute atomic E-state index is 12.8. The highest BCUT2D eigenvalue weighted by Gasteiger charge is 2.51. The SMILES string of the molecule is O=C(CC12CC3CC(CC(C3)C1)C2)NCc1cc(Cl)cc2cc(C(=O)O)c(=O)[nH]c12. The summed E-state index contributed by atoms with van der Waals surface area (Å²) in [6, 6.07) is 4.63. The lowest BCUT2D eigenvalue weighted by Gasteiger charge is -2.56. The number of rotatable bonds is 5. The van der Waals surface area contributed by atoms with Crippen LogP contribution in [0.1, 0.15) is 60.9 Å². The van der Waals surface area contributed by atoms with E-state index in [0.717, 1.165) is 17.8 Å². The molecule has 6 rings (SSSR count). The smallest absolute Gasteiger partial charge is 0.341 e. The van der Waals surface area contributed by atoms with Crippen LogP contribution in [0, 0.1) is 23.2 Å². The van der Waals surface area contributed by atoms with Crippen LogP contribution in [-0.4, -0.2) is 22.0 Å². The number of hydrogen-bond acceptors (Lipinski definition) is 3. The van der Waals surface area contributed by atoms with Gasteiger partial charge in [0.2, 0.25) is 5.91 Å². The van der Waals surface area contributed by atoms with Crippen LogP contribution in [0.3, 0.4) is 0 Å². The van der Waals surface area contributed by atoms with Crippen molar-refractivity contribution in [3.8, 4) is 0 Å². The molecule has 0 atom stereocenters. The van der Waals surface area contributed by atoms with Crippen molar-refractivity contribution in [2.45, 2.75) is 51.5 Å². The van der Waals surface area contributed by atoms with Gasteiger partial charge in [-0.15, -0.1) is 0 Å². The van der Waals surface area contributed by atoms with Gasteiger partial charge in [-0.2, -0.15) is 0 Å². The Morgan fingerprint density at radius 2 is 1.73 bits per heavy atom. The van der Waals surface area contributed by atoms with Gasteiger partial charge < -0.3 is 15.4 Å². The number of hydrogen-bond donors (Lipinski definition) is 3. The standard InChI is InChI=1S/C23H25ClN2O4/c24-17-4-15-6-18(22(29)30)21(28)26-20(15)16(5-17)11-25-19(27)10-23-7-12-1-13(8-23)3-14(2-12)9-23/h4-6,12-14H,1-3,7-11H2,(H,25,27)(H,26,28)(H,29,30). The van der Waals surface area contributed by atoms with Gasteiger partial charge in [0, 0.05) is 23.4 Å². The molecule has 0 radical (unpaired) electrons. The molecule has 0 unspecified atom stereocenters. The number of amides is 1. The Balaban J connectivity index is 1.34. The van der Waals surface area contributed by atoms with Crippen LogP contribution in [0.5, 0.6) is 0 Å². The predicted molar refractivity (Wildman–Crippen MR) is 114 cm³/mol. The number of halogens is 1. The Morgan fingerprint density at radius 3 is 2.33 bits per heavy atom. The highest BCUT2D eigenvalue weighted by Crippen LogP contribution is 2.61. The molecule has 4 fully saturated rings. The fourth-order valence-corrected chi connectivity index (χ4v) is 7.01. The summed E-state index contributed by atoms with van der Waals surface area (Å²) < 4.78 is 0. The van der Waals surface area contributed by atoms with Crippen LogP contribution in [0.25, 0.3) is 10.9 Å². The summed E-state index contributed by atoms with van der Waals surface area (Å²) in [5.74, 6) is 1.15. The molecule has 7 heteroatoms. The van der Waals surface area contributed by atoms with Crippen molar-refractivity contribution in [2.75, 3.05) is 0 Å². The van der Waals surface area contributed by atoms with Crippen LogP contribution in [-0.2, 0) is 11.3 Å². The zero-order valence-corrected chi connectivity index (χ0v) is 17.4. The summed E-state index contributed by atoms with van der Waals surface area (Å²) >= 11 is 6.20. The van der Waals surface area contributed by atoms with Crippen LogP contribution in [0.2, 0.25) is 5.02 Å². The number of benzene rings is 1. The molecule has 0 aliphatic heterocycles. The number of nitrogens with one attached hydrogen (secondary N) is 2. The topological polar surface area (TPSA) is 99.3 Å². The molecule has 30 heavy (non-hydrogen) atoms. The molecule has 6 nitrogen and oxygen atoms in total. The third-order valence-electron chi connectivity index (χ3n) is 7.41. The van der Waals surface area contributed by atoms with Gasteiger partial charge in [-0.3, -0.25) is 9.59 Å². The number of aromatic carboxylic acids is 1. The maximum Gasteiger partial charge on any atom is 0.341 e. The number of aromatic nitrogens is 1. The Kier molecular flexibility index (Phi) is 4.65. The highest BCUT2D eigenvalue weighted by molar-refractivity contribution is 6.31. The molecule has 1 aromatic heterocycles. The van der Waals surface area contributed by atoms with Crippen molar-refractivity contribution in [3.63, 3.8) is 0 Å². The number of pyridine rings is 1. The van der Waals surface area contributed by atoms with E-state index in [1.54, 1.807) is 12.1 Å². The van der Waals surface area contributed by atoms with E-state index in [2.05, 4.69) is 10.3 Å². The summed E-state index contributed by atoms with van der Waals surface area (Å²) in [6.07, 6.45) is 8.14. The Hall–Kier alpha value is -2.34. The van der Waals surface area contributed by atoms with Crippen molar-refractivity contribution in [3.05, 3.63) is 44.7 Å². The molecule has 1 heterocycles. The van der Waals surface area contributed by atoms with Gasteiger partial charge in [0.05, 0.1) is 5.52 Å². The minimum absolute atomic E-state index is 0.0366. The minimum Gasteiger partial charge on any atom is -0.477 e. The van der Waals surface area contributed by atoms with Crippen LogP contribution in [0.15, 0.2) is 23.0 Å². The number of aromatic amines is 1. The number of carbonyl (C=O) groups excluding carboxylic acids is 1. The minimum atomic E-state index is -1.29. The molecule has 0 spiro atoms. The normalized spacial score (nSPS) is 29.3.